The van der Waals surface area contributed by atoms with E-state index in [1.807, 2.05) is 29.7 Å². The second kappa shape index (κ2) is 5.30. The van der Waals surface area contributed by atoms with E-state index in [4.69, 9.17) is 9.84 Å². The van der Waals surface area contributed by atoms with Crippen LogP contribution in [-0.4, -0.2) is 33.5 Å². The summed E-state index contributed by atoms with van der Waals surface area (Å²) in [4.78, 5) is 15.0. The van der Waals surface area contributed by atoms with Gasteiger partial charge in [0.05, 0.1) is 23.9 Å². The predicted octanol–water partition coefficient (Wildman–Crippen LogP) is 2.24. The molecular weight excluding hydrogens is 252 g/mol. The monoisotopic (exact) mass is 266 g/mol. The van der Waals surface area contributed by atoms with Gasteiger partial charge in [-0.15, -0.1) is 0 Å². The molecule has 5 nitrogen and oxygen atoms in total. The highest BCUT2D eigenvalue weighted by molar-refractivity contribution is 7.99. The second-order valence-corrected chi connectivity index (χ2v) is 4.62. The number of carboxylic acid groups (broad SMARTS) is 1. The first-order chi connectivity index (χ1) is 8.65. The number of imidazole rings is 1. The van der Waals surface area contributed by atoms with Gasteiger partial charge in [0.1, 0.15) is 5.75 Å². The summed E-state index contributed by atoms with van der Waals surface area (Å²) in [7, 11) is 1.62. The average Bonchev–Trinajstić information content (AvgIpc) is 2.72. The van der Waals surface area contributed by atoms with Crippen molar-refractivity contribution in [1.82, 2.24) is 9.55 Å². The van der Waals surface area contributed by atoms with Gasteiger partial charge < -0.3 is 14.4 Å². The molecule has 1 N–H and O–H groups in total. The maximum atomic E-state index is 10.6. The van der Waals surface area contributed by atoms with Crippen LogP contribution in [0.2, 0.25) is 0 Å². The fourth-order valence-electron chi connectivity index (χ4n) is 1.75. The molecule has 18 heavy (non-hydrogen) atoms. The van der Waals surface area contributed by atoms with Crippen molar-refractivity contribution in [1.29, 1.82) is 0 Å². The Labute approximate surface area is 109 Å². The van der Waals surface area contributed by atoms with Gasteiger partial charge in [-0.3, -0.25) is 4.79 Å². The summed E-state index contributed by atoms with van der Waals surface area (Å²) >= 11 is 1.23. The number of benzene rings is 1. The maximum Gasteiger partial charge on any atom is 0.313 e. The van der Waals surface area contributed by atoms with E-state index < -0.39 is 5.97 Å². The first-order valence-corrected chi connectivity index (χ1v) is 6.53. The number of ether oxygens (including phenoxy) is 1. The van der Waals surface area contributed by atoms with Crippen LogP contribution >= 0.6 is 11.8 Å². The van der Waals surface area contributed by atoms with E-state index in [-0.39, 0.29) is 5.75 Å². The van der Waals surface area contributed by atoms with Gasteiger partial charge in [0.2, 0.25) is 0 Å². The standard InChI is InChI=1S/C12H14N2O3S/c1-3-14-10-6-8(17-2)4-5-9(10)13-12(14)18-7-11(15)16/h4-6H,3,7H2,1-2H3,(H,15,16). The molecule has 0 atom stereocenters. The number of hydrogen-bond acceptors (Lipinski definition) is 4. The largest absolute Gasteiger partial charge is 0.497 e. The van der Waals surface area contributed by atoms with E-state index >= 15 is 0 Å². The Morgan fingerprint density at radius 3 is 2.94 bits per heavy atom. The minimum atomic E-state index is -0.840. The van der Waals surface area contributed by atoms with Gasteiger partial charge in [-0.2, -0.15) is 0 Å². The number of methoxy groups -OCH3 is 1. The van der Waals surface area contributed by atoms with Gasteiger partial charge in [0.25, 0.3) is 0 Å². The average molecular weight is 266 g/mol. The number of aromatic nitrogens is 2. The quantitative estimate of drug-likeness (QED) is 0.841. The van der Waals surface area contributed by atoms with Crippen molar-refractivity contribution in [3.8, 4) is 5.75 Å². The van der Waals surface area contributed by atoms with Crippen LogP contribution in [0.4, 0.5) is 0 Å². The highest BCUT2D eigenvalue weighted by Gasteiger charge is 2.12. The molecule has 0 aliphatic rings. The summed E-state index contributed by atoms with van der Waals surface area (Å²) in [5.41, 5.74) is 1.82. The Morgan fingerprint density at radius 2 is 2.33 bits per heavy atom. The summed E-state index contributed by atoms with van der Waals surface area (Å²) in [5, 5.41) is 9.44. The molecule has 0 fully saturated rings. The Balaban J connectivity index is 2.44. The topological polar surface area (TPSA) is 64.4 Å². The lowest BCUT2D eigenvalue weighted by Gasteiger charge is -2.05. The molecule has 0 amide bonds. The molecule has 2 rings (SSSR count). The van der Waals surface area contributed by atoms with Crippen LogP contribution in [0.5, 0.6) is 5.75 Å². The van der Waals surface area contributed by atoms with Crippen molar-refractivity contribution in [3.63, 3.8) is 0 Å². The molecule has 0 saturated heterocycles. The molecule has 6 heteroatoms. The minimum Gasteiger partial charge on any atom is -0.497 e. The number of aliphatic carboxylic acids is 1. The van der Waals surface area contributed by atoms with Crippen molar-refractivity contribution in [3.05, 3.63) is 18.2 Å². The minimum absolute atomic E-state index is 0.0143. The van der Waals surface area contributed by atoms with Crippen LogP contribution in [0, 0.1) is 0 Å². The first kappa shape index (κ1) is 12.8. The predicted molar refractivity (Wildman–Crippen MR) is 70.3 cm³/mol. The smallest absolute Gasteiger partial charge is 0.313 e. The number of thioether (sulfide) groups is 1. The lowest BCUT2D eigenvalue weighted by molar-refractivity contribution is -0.133. The summed E-state index contributed by atoms with van der Waals surface area (Å²) in [6, 6.07) is 5.64. The van der Waals surface area contributed by atoms with Gasteiger partial charge in [-0.1, -0.05) is 11.8 Å². The van der Waals surface area contributed by atoms with Crippen molar-refractivity contribution >= 4 is 28.8 Å². The third-order valence-corrected chi connectivity index (χ3v) is 3.52. The zero-order chi connectivity index (χ0) is 13.1. The lowest BCUT2D eigenvalue weighted by Crippen LogP contribution is -2.02. The van der Waals surface area contributed by atoms with Crippen molar-refractivity contribution < 1.29 is 14.6 Å². The van der Waals surface area contributed by atoms with Crippen LogP contribution in [0.15, 0.2) is 23.4 Å². The number of hydrogen-bond donors (Lipinski definition) is 1. The van der Waals surface area contributed by atoms with Crippen LogP contribution < -0.4 is 4.74 Å². The fourth-order valence-corrected chi connectivity index (χ4v) is 2.55. The fraction of sp³-hybridized carbons (Fsp3) is 0.333. The third-order valence-electron chi connectivity index (χ3n) is 2.56. The SMILES string of the molecule is CCn1c(SCC(=O)O)nc2ccc(OC)cc21. The molecule has 96 valence electrons. The van der Waals surface area contributed by atoms with Crippen LogP contribution in [0.25, 0.3) is 11.0 Å². The van der Waals surface area contributed by atoms with E-state index in [9.17, 15) is 4.79 Å². The Hall–Kier alpha value is -1.69. The molecule has 0 aliphatic carbocycles. The maximum absolute atomic E-state index is 10.6. The van der Waals surface area contributed by atoms with Crippen molar-refractivity contribution in [2.24, 2.45) is 0 Å². The molecule has 1 heterocycles. The zero-order valence-corrected chi connectivity index (χ0v) is 11.0. The second-order valence-electron chi connectivity index (χ2n) is 3.68. The van der Waals surface area contributed by atoms with Gasteiger partial charge in [0, 0.05) is 12.6 Å². The molecule has 0 saturated carbocycles. The highest BCUT2D eigenvalue weighted by Crippen LogP contribution is 2.26. The summed E-state index contributed by atoms with van der Waals surface area (Å²) in [6.45, 7) is 2.75. The first-order valence-electron chi connectivity index (χ1n) is 5.54. The third kappa shape index (κ3) is 2.43. The number of carbonyl (C=O) groups is 1. The van der Waals surface area contributed by atoms with Gasteiger partial charge in [-0.25, -0.2) is 4.98 Å². The molecule has 0 spiro atoms. The van der Waals surface area contributed by atoms with Crippen LogP contribution in [0.3, 0.4) is 0 Å². The highest BCUT2D eigenvalue weighted by atomic mass is 32.2. The Bertz CT molecular complexity index is 580. The molecule has 0 unspecified atom stereocenters. The van der Waals surface area contributed by atoms with Crippen LogP contribution in [-0.2, 0) is 11.3 Å². The van der Waals surface area contributed by atoms with Crippen molar-refractivity contribution in [2.45, 2.75) is 18.6 Å². The molecule has 0 bridgehead atoms. The lowest BCUT2D eigenvalue weighted by atomic mass is 10.3. The van der Waals surface area contributed by atoms with Gasteiger partial charge >= 0.3 is 5.97 Å². The molecule has 1 aromatic heterocycles. The molecule has 1 aromatic carbocycles. The van der Waals surface area contributed by atoms with E-state index in [1.54, 1.807) is 7.11 Å². The Kier molecular flexibility index (Phi) is 3.76. The Morgan fingerprint density at radius 1 is 1.56 bits per heavy atom. The molecule has 0 radical (unpaired) electrons. The summed E-state index contributed by atoms with van der Waals surface area (Å²) in [5.74, 6) is -0.0559. The van der Waals surface area contributed by atoms with E-state index in [0.717, 1.165) is 28.5 Å². The number of aryl methyl sites for hydroxylation is 1. The van der Waals surface area contributed by atoms with Crippen molar-refractivity contribution in [2.75, 3.05) is 12.9 Å². The van der Waals surface area contributed by atoms with E-state index in [0.29, 0.717) is 0 Å². The van der Waals surface area contributed by atoms with E-state index in [2.05, 4.69) is 4.98 Å². The molecule has 2 aromatic rings. The molecular formula is C12H14N2O3S. The number of nitrogens with zero attached hydrogens (tertiary/aromatic N) is 2. The summed E-state index contributed by atoms with van der Waals surface area (Å²) in [6.07, 6.45) is 0. The number of rotatable bonds is 5. The van der Waals surface area contributed by atoms with Gasteiger partial charge in [0.15, 0.2) is 5.16 Å². The summed E-state index contributed by atoms with van der Waals surface area (Å²) < 4.78 is 7.18. The zero-order valence-electron chi connectivity index (χ0n) is 10.2. The number of carboxylic acids is 1. The normalized spacial score (nSPS) is 10.8. The van der Waals surface area contributed by atoms with Crippen LogP contribution in [0.1, 0.15) is 6.92 Å². The molecule has 0 aliphatic heterocycles. The number of fused-ring (bicyclic) bond motifs is 1. The van der Waals surface area contributed by atoms with E-state index in [1.165, 1.54) is 11.8 Å². The van der Waals surface area contributed by atoms with Gasteiger partial charge in [-0.05, 0) is 19.1 Å².